The molecule has 1 unspecified atom stereocenters. The number of hydrogen-bond donors (Lipinski definition) is 2. The number of aromatic amines is 1. The molecule has 200 valence electrons. The molecule has 0 radical (unpaired) electrons. The number of aromatic nitrogens is 1. The largest absolute Gasteiger partial charge is 0.359 e. The maximum Gasteiger partial charge on any atom is 0.295 e. The van der Waals surface area contributed by atoms with Crippen LogP contribution in [0.4, 0.5) is 5.69 Å². The highest BCUT2D eigenvalue weighted by Crippen LogP contribution is 2.28. The number of anilines is 1. The first-order valence-electron chi connectivity index (χ1n) is 12.5. The van der Waals surface area contributed by atoms with Gasteiger partial charge in [-0.05, 0) is 44.2 Å². The van der Waals surface area contributed by atoms with Crippen LogP contribution in [0.5, 0.6) is 0 Å². The SMILES string of the molecule is Cc1ccc(S(=O)(=O)Nc2cccc3c(C(=O)C(=O)N4CCN(C(=O)c5ccccc5)CC4C)c[nH]c23)cc1. The van der Waals surface area contributed by atoms with E-state index < -0.39 is 21.7 Å². The molecule has 1 aliphatic rings. The maximum atomic E-state index is 13.3. The Hall–Kier alpha value is -4.44. The van der Waals surface area contributed by atoms with Gasteiger partial charge in [0.25, 0.3) is 27.6 Å². The first-order chi connectivity index (χ1) is 18.7. The van der Waals surface area contributed by atoms with Gasteiger partial charge in [-0.2, -0.15) is 0 Å². The zero-order valence-corrected chi connectivity index (χ0v) is 22.4. The molecule has 1 aliphatic heterocycles. The molecule has 0 aliphatic carbocycles. The van der Waals surface area contributed by atoms with E-state index in [0.717, 1.165) is 5.56 Å². The molecule has 1 atom stereocenters. The standard InChI is InChI=1S/C29H28N4O5S/c1-19-11-13-22(14-12-19)39(37,38)31-25-10-6-9-23-24(17-30-26(23)25)27(34)29(36)33-16-15-32(18-20(33)2)28(35)21-7-4-3-5-8-21/h3-14,17,20,30-31H,15-16,18H2,1-2H3. The number of nitrogens with one attached hydrogen (secondary N) is 2. The second-order valence-electron chi connectivity index (χ2n) is 9.64. The molecule has 9 nitrogen and oxygen atoms in total. The van der Waals surface area contributed by atoms with Crippen LogP contribution in [0.15, 0.2) is 83.9 Å². The summed E-state index contributed by atoms with van der Waals surface area (Å²) >= 11 is 0. The summed E-state index contributed by atoms with van der Waals surface area (Å²) < 4.78 is 28.4. The van der Waals surface area contributed by atoms with E-state index in [1.807, 2.05) is 19.9 Å². The van der Waals surface area contributed by atoms with Crippen LogP contribution in [0, 0.1) is 6.92 Å². The molecule has 39 heavy (non-hydrogen) atoms. The van der Waals surface area contributed by atoms with Crippen molar-refractivity contribution in [2.75, 3.05) is 24.4 Å². The number of Topliss-reactive ketones (excluding diaryl/α,β-unsaturated/α-hetero) is 1. The van der Waals surface area contributed by atoms with Crippen LogP contribution in [-0.4, -0.2) is 66.5 Å². The lowest BCUT2D eigenvalue weighted by atomic mass is 10.1. The summed E-state index contributed by atoms with van der Waals surface area (Å²) in [5.74, 6) is -1.48. The summed E-state index contributed by atoms with van der Waals surface area (Å²) in [6.45, 7) is 4.53. The molecule has 0 bridgehead atoms. The molecule has 1 saturated heterocycles. The van der Waals surface area contributed by atoms with Gasteiger partial charge in [0.1, 0.15) is 0 Å². The molecule has 0 spiro atoms. The molecular weight excluding hydrogens is 516 g/mol. The third kappa shape index (κ3) is 5.15. The normalized spacial score (nSPS) is 15.8. The number of carbonyl (C=O) groups excluding carboxylic acids is 3. The molecule has 1 aromatic heterocycles. The van der Waals surface area contributed by atoms with Crippen molar-refractivity contribution in [3.63, 3.8) is 0 Å². The van der Waals surface area contributed by atoms with E-state index in [0.29, 0.717) is 29.6 Å². The summed E-state index contributed by atoms with van der Waals surface area (Å²) in [6.07, 6.45) is 1.43. The van der Waals surface area contributed by atoms with Crippen molar-refractivity contribution in [3.8, 4) is 0 Å². The quantitative estimate of drug-likeness (QED) is 0.282. The molecule has 1 fully saturated rings. The van der Waals surface area contributed by atoms with E-state index in [1.165, 1.54) is 23.2 Å². The molecule has 2 amide bonds. The van der Waals surface area contributed by atoms with Gasteiger partial charge in [0.15, 0.2) is 0 Å². The lowest BCUT2D eigenvalue weighted by Gasteiger charge is -2.39. The number of rotatable bonds is 6. The van der Waals surface area contributed by atoms with Crippen molar-refractivity contribution in [1.29, 1.82) is 0 Å². The second-order valence-corrected chi connectivity index (χ2v) is 11.3. The van der Waals surface area contributed by atoms with E-state index in [9.17, 15) is 22.8 Å². The fourth-order valence-corrected chi connectivity index (χ4v) is 5.87. The predicted molar refractivity (Wildman–Crippen MR) is 148 cm³/mol. The van der Waals surface area contributed by atoms with Crippen LogP contribution in [0.2, 0.25) is 0 Å². The Balaban J connectivity index is 1.33. The Bertz CT molecular complexity index is 1660. The van der Waals surface area contributed by atoms with Gasteiger partial charge in [-0.1, -0.05) is 48.0 Å². The molecule has 10 heteroatoms. The fourth-order valence-electron chi connectivity index (χ4n) is 4.80. The Labute approximate surface area is 226 Å². The average molecular weight is 545 g/mol. The Morgan fingerprint density at radius 2 is 1.64 bits per heavy atom. The van der Waals surface area contributed by atoms with Crippen LogP contribution < -0.4 is 4.72 Å². The molecule has 2 heterocycles. The molecule has 5 rings (SSSR count). The van der Waals surface area contributed by atoms with Crippen LogP contribution in [0.3, 0.4) is 0 Å². The Morgan fingerprint density at radius 3 is 2.33 bits per heavy atom. The van der Waals surface area contributed by atoms with Gasteiger partial charge in [0.05, 0.1) is 21.7 Å². The molecule has 4 aromatic rings. The van der Waals surface area contributed by atoms with Gasteiger partial charge in [-0.25, -0.2) is 8.42 Å². The lowest BCUT2D eigenvalue weighted by Crippen LogP contribution is -2.56. The number of amides is 2. The van der Waals surface area contributed by atoms with E-state index in [2.05, 4.69) is 9.71 Å². The maximum absolute atomic E-state index is 13.3. The number of aryl methyl sites for hydroxylation is 1. The third-order valence-electron chi connectivity index (χ3n) is 6.93. The third-order valence-corrected chi connectivity index (χ3v) is 8.31. The second kappa shape index (κ2) is 10.4. The zero-order valence-electron chi connectivity index (χ0n) is 21.5. The van der Waals surface area contributed by atoms with E-state index in [1.54, 1.807) is 59.5 Å². The highest BCUT2D eigenvalue weighted by atomic mass is 32.2. The number of benzene rings is 3. The topological polar surface area (TPSA) is 120 Å². The van der Waals surface area contributed by atoms with E-state index in [-0.39, 0.29) is 34.6 Å². The van der Waals surface area contributed by atoms with E-state index >= 15 is 0 Å². The molecule has 3 aromatic carbocycles. The fraction of sp³-hybridized carbons (Fsp3) is 0.207. The summed E-state index contributed by atoms with van der Waals surface area (Å²) in [5.41, 5.74) is 2.33. The number of carbonyl (C=O) groups is 3. The van der Waals surface area contributed by atoms with E-state index in [4.69, 9.17) is 0 Å². The van der Waals surface area contributed by atoms with Gasteiger partial charge >= 0.3 is 0 Å². The number of hydrogen-bond acceptors (Lipinski definition) is 5. The number of fused-ring (bicyclic) bond motifs is 1. The van der Waals surface area contributed by atoms with Crippen molar-refractivity contribution in [1.82, 2.24) is 14.8 Å². The first kappa shape index (κ1) is 26.2. The minimum atomic E-state index is -3.87. The highest BCUT2D eigenvalue weighted by molar-refractivity contribution is 7.92. The van der Waals surface area contributed by atoms with Gasteiger partial charge in [-0.3, -0.25) is 19.1 Å². The van der Waals surface area contributed by atoms with Gasteiger partial charge in [-0.15, -0.1) is 0 Å². The number of piperazine rings is 1. The smallest absolute Gasteiger partial charge is 0.295 e. The number of nitrogens with zero attached hydrogens (tertiary/aromatic N) is 2. The van der Waals surface area contributed by atoms with Gasteiger partial charge in [0, 0.05) is 42.8 Å². The van der Waals surface area contributed by atoms with Gasteiger partial charge < -0.3 is 14.8 Å². The van der Waals surface area contributed by atoms with Crippen molar-refractivity contribution < 1.29 is 22.8 Å². The first-order valence-corrected chi connectivity index (χ1v) is 14.0. The Morgan fingerprint density at radius 1 is 0.923 bits per heavy atom. The van der Waals surface area contributed by atoms with Crippen molar-refractivity contribution in [2.24, 2.45) is 0 Å². The van der Waals surface area contributed by atoms with Crippen molar-refractivity contribution in [3.05, 3.63) is 95.7 Å². The lowest BCUT2D eigenvalue weighted by molar-refractivity contribution is -0.130. The van der Waals surface area contributed by atoms with Gasteiger partial charge in [0.2, 0.25) is 0 Å². The minimum absolute atomic E-state index is 0.113. The van der Waals surface area contributed by atoms with Crippen molar-refractivity contribution in [2.45, 2.75) is 24.8 Å². The summed E-state index contributed by atoms with van der Waals surface area (Å²) in [5, 5.41) is 0.433. The van der Waals surface area contributed by atoms with Crippen molar-refractivity contribution >= 4 is 44.2 Å². The summed E-state index contributed by atoms with van der Waals surface area (Å²) in [6, 6.07) is 19.9. The van der Waals surface area contributed by atoms with Crippen LogP contribution in [-0.2, 0) is 14.8 Å². The summed E-state index contributed by atoms with van der Waals surface area (Å²) in [4.78, 5) is 45.7. The zero-order chi connectivity index (χ0) is 27.7. The molecule has 2 N–H and O–H groups in total. The Kier molecular flexibility index (Phi) is 6.96. The highest BCUT2D eigenvalue weighted by Gasteiger charge is 2.34. The molecule has 0 saturated carbocycles. The van der Waals surface area contributed by atoms with Crippen LogP contribution >= 0.6 is 0 Å². The number of sulfonamides is 1. The minimum Gasteiger partial charge on any atom is -0.359 e. The average Bonchev–Trinajstić information content (AvgIpc) is 3.37. The van der Waals surface area contributed by atoms with Crippen LogP contribution in [0.1, 0.15) is 33.2 Å². The van der Waals surface area contributed by atoms with Crippen LogP contribution in [0.25, 0.3) is 10.9 Å². The number of ketones is 1. The number of para-hydroxylation sites is 1. The predicted octanol–water partition coefficient (Wildman–Crippen LogP) is 3.83. The number of H-pyrrole nitrogens is 1. The monoisotopic (exact) mass is 544 g/mol. The summed E-state index contributed by atoms with van der Waals surface area (Å²) in [7, 11) is -3.87. The molecular formula is C29H28N4O5S.